The fraction of sp³-hybridized carbons (Fsp3) is 0.583. The third kappa shape index (κ3) is 1.58. The van der Waals surface area contributed by atoms with Gasteiger partial charge in [0.2, 0.25) is 6.17 Å². The van der Waals surface area contributed by atoms with Gasteiger partial charge in [-0.2, -0.15) is 0 Å². The molecule has 1 aliphatic heterocycles. The molecule has 2 heterocycles. The molecule has 2 unspecified atom stereocenters. The number of hydrogen-bond donors (Lipinski definition) is 1. The van der Waals surface area contributed by atoms with Crippen LogP contribution in [-0.4, -0.2) is 21.1 Å². The molecule has 0 bridgehead atoms. The molecular formula is C12H18N3O2. The quantitative estimate of drug-likeness (QED) is 0.729. The fourth-order valence-electron chi connectivity index (χ4n) is 2.14. The van der Waals surface area contributed by atoms with Crippen molar-refractivity contribution in [2.24, 2.45) is 0 Å². The molecule has 1 N–H and O–H groups in total. The van der Waals surface area contributed by atoms with Crippen molar-refractivity contribution in [1.29, 1.82) is 0 Å². The summed E-state index contributed by atoms with van der Waals surface area (Å²) >= 11 is 0. The van der Waals surface area contributed by atoms with Gasteiger partial charge in [0.05, 0.1) is 0 Å². The van der Waals surface area contributed by atoms with Gasteiger partial charge < -0.3 is 10.3 Å². The minimum absolute atomic E-state index is 0.0591. The Bertz CT molecular complexity index is 385. The Morgan fingerprint density at radius 1 is 1.35 bits per heavy atom. The number of aromatic nitrogens is 1. The van der Waals surface area contributed by atoms with Gasteiger partial charge in [-0.25, -0.2) is 0 Å². The summed E-state index contributed by atoms with van der Waals surface area (Å²) in [6.45, 7) is 7.26. The molecule has 17 heavy (non-hydrogen) atoms. The molecule has 5 nitrogen and oxygen atoms in total. The second kappa shape index (κ2) is 3.74. The molecule has 5 heteroatoms. The van der Waals surface area contributed by atoms with Crippen LogP contribution in [0.4, 0.5) is 0 Å². The van der Waals surface area contributed by atoms with Crippen molar-refractivity contribution in [3.63, 3.8) is 0 Å². The number of hydroxylamine groups is 4. The maximum Gasteiger partial charge on any atom is 0.213 e. The van der Waals surface area contributed by atoms with Crippen LogP contribution in [0.3, 0.4) is 0 Å². The normalized spacial score (nSPS) is 31.6. The number of nitrogens with one attached hydrogen (secondary N) is 1. The van der Waals surface area contributed by atoms with Crippen LogP contribution in [0.15, 0.2) is 24.4 Å². The Morgan fingerprint density at radius 2 is 2.00 bits per heavy atom. The average Bonchev–Trinajstić information content (AvgIpc) is 2.40. The zero-order chi connectivity index (χ0) is 12.8. The van der Waals surface area contributed by atoms with Crippen LogP contribution in [0.25, 0.3) is 0 Å². The number of quaternary nitrogens is 1. The Labute approximate surface area is 101 Å². The van der Waals surface area contributed by atoms with Gasteiger partial charge in [-0.15, -0.1) is 5.21 Å². The maximum absolute atomic E-state index is 12.4. The average molecular weight is 236 g/mol. The molecule has 1 saturated heterocycles. The van der Waals surface area contributed by atoms with Crippen molar-refractivity contribution in [2.75, 3.05) is 0 Å². The van der Waals surface area contributed by atoms with Crippen LogP contribution in [0.2, 0.25) is 0 Å². The van der Waals surface area contributed by atoms with Gasteiger partial charge in [-0.3, -0.25) is 4.98 Å². The van der Waals surface area contributed by atoms with E-state index in [9.17, 15) is 10.4 Å². The Hall–Kier alpha value is -1.01. The van der Waals surface area contributed by atoms with Gasteiger partial charge in [0, 0.05) is 6.20 Å². The van der Waals surface area contributed by atoms with E-state index in [1.807, 2.05) is 13.8 Å². The highest BCUT2D eigenvalue weighted by Crippen LogP contribution is 2.36. The highest BCUT2D eigenvalue weighted by Gasteiger charge is 2.60. The second-order valence-corrected chi connectivity index (χ2v) is 5.53. The smallest absolute Gasteiger partial charge is 0.213 e. The lowest BCUT2D eigenvalue weighted by atomic mass is 9.84. The molecule has 0 spiro atoms. The van der Waals surface area contributed by atoms with Gasteiger partial charge in [-0.1, -0.05) is 11.1 Å². The third-order valence-corrected chi connectivity index (χ3v) is 4.15. The topological polar surface area (TPSA) is 63.5 Å². The van der Waals surface area contributed by atoms with Crippen molar-refractivity contribution in [1.82, 2.24) is 10.0 Å². The van der Waals surface area contributed by atoms with Crippen molar-refractivity contribution in [2.45, 2.75) is 44.9 Å². The number of pyridine rings is 1. The lowest BCUT2D eigenvalue weighted by Gasteiger charge is -2.38. The van der Waals surface area contributed by atoms with E-state index in [4.69, 9.17) is 0 Å². The predicted molar refractivity (Wildman–Crippen MR) is 62.0 cm³/mol. The Morgan fingerprint density at radius 3 is 2.41 bits per heavy atom. The number of nitrogens with zero attached hydrogens (tertiary/aromatic N) is 2. The standard InChI is InChI=1S/C12H18N3O2/c1-11(2)12(3,4)15(17)10(14(11)16)9-7-5-6-8-13-9/h5-8,10,14H,1-4H3. The van der Waals surface area contributed by atoms with E-state index in [0.717, 1.165) is 5.06 Å². The SMILES string of the molecule is CC1(C)N([O])C(c2ccccn2)[NH+]([O-])C1(C)C. The van der Waals surface area contributed by atoms with E-state index >= 15 is 0 Å². The summed E-state index contributed by atoms with van der Waals surface area (Å²) in [5, 5.41) is 25.5. The molecule has 1 aliphatic rings. The first-order valence-electron chi connectivity index (χ1n) is 5.72. The minimum Gasteiger partial charge on any atom is -0.632 e. The summed E-state index contributed by atoms with van der Waals surface area (Å²) in [6.07, 6.45) is 0.829. The van der Waals surface area contributed by atoms with Gasteiger partial charge in [0.1, 0.15) is 16.8 Å². The summed E-state index contributed by atoms with van der Waals surface area (Å²) in [7, 11) is 0. The lowest BCUT2D eigenvalue weighted by molar-refractivity contribution is -0.926. The molecule has 0 aliphatic carbocycles. The lowest BCUT2D eigenvalue weighted by Crippen LogP contribution is -3.14. The first-order valence-corrected chi connectivity index (χ1v) is 5.72. The molecule has 0 amide bonds. The number of hydrogen-bond acceptors (Lipinski definition) is 3. The van der Waals surface area contributed by atoms with Crippen LogP contribution < -0.4 is 5.06 Å². The molecule has 2 rings (SSSR count). The maximum atomic E-state index is 12.4. The van der Waals surface area contributed by atoms with Gasteiger partial charge in [0.15, 0.2) is 0 Å². The summed E-state index contributed by atoms with van der Waals surface area (Å²) in [6, 6.07) is 5.29. The summed E-state index contributed by atoms with van der Waals surface area (Å²) in [4.78, 5) is 4.13. The monoisotopic (exact) mass is 236 g/mol. The molecule has 1 aromatic rings. The van der Waals surface area contributed by atoms with Gasteiger partial charge >= 0.3 is 0 Å². The van der Waals surface area contributed by atoms with Crippen molar-refractivity contribution >= 4 is 0 Å². The molecule has 0 aromatic carbocycles. The summed E-state index contributed by atoms with van der Waals surface area (Å²) in [5.41, 5.74) is -0.852. The predicted octanol–water partition coefficient (Wildman–Crippen LogP) is 0.681. The minimum atomic E-state index is -0.777. The fourth-order valence-corrected chi connectivity index (χ4v) is 2.14. The number of rotatable bonds is 1. The van der Waals surface area contributed by atoms with E-state index < -0.39 is 17.2 Å². The van der Waals surface area contributed by atoms with Gasteiger partial charge in [-0.05, 0) is 39.8 Å². The first-order chi connectivity index (χ1) is 7.80. The van der Waals surface area contributed by atoms with Crippen LogP contribution in [0, 0.1) is 5.21 Å². The van der Waals surface area contributed by atoms with E-state index in [2.05, 4.69) is 4.98 Å². The zero-order valence-corrected chi connectivity index (χ0v) is 10.6. The van der Waals surface area contributed by atoms with E-state index in [1.165, 1.54) is 0 Å². The molecule has 0 saturated carbocycles. The molecule has 93 valence electrons. The summed E-state index contributed by atoms with van der Waals surface area (Å²) in [5.74, 6) is 0. The van der Waals surface area contributed by atoms with E-state index in [-0.39, 0.29) is 5.06 Å². The van der Waals surface area contributed by atoms with Crippen LogP contribution in [0.5, 0.6) is 0 Å². The second-order valence-electron chi connectivity index (χ2n) is 5.53. The Balaban J connectivity index is 2.45. The molecular weight excluding hydrogens is 218 g/mol. The van der Waals surface area contributed by atoms with Crippen LogP contribution in [0.1, 0.15) is 39.6 Å². The third-order valence-electron chi connectivity index (χ3n) is 4.15. The van der Waals surface area contributed by atoms with Crippen molar-refractivity contribution in [3.05, 3.63) is 35.3 Å². The van der Waals surface area contributed by atoms with E-state index in [0.29, 0.717) is 5.69 Å². The molecule has 1 radical (unpaired) electrons. The highest BCUT2D eigenvalue weighted by atomic mass is 16.6. The molecule has 2 atom stereocenters. The van der Waals surface area contributed by atoms with Gasteiger partial charge in [0.25, 0.3) is 0 Å². The highest BCUT2D eigenvalue weighted by molar-refractivity contribution is 5.11. The summed E-state index contributed by atoms with van der Waals surface area (Å²) < 4.78 is 0. The van der Waals surface area contributed by atoms with Crippen LogP contribution in [-0.2, 0) is 5.21 Å². The van der Waals surface area contributed by atoms with Crippen LogP contribution >= 0.6 is 0 Å². The van der Waals surface area contributed by atoms with E-state index in [1.54, 1.807) is 38.2 Å². The Kier molecular flexibility index (Phi) is 2.74. The zero-order valence-electron chi connectivity index (χ0n) is 10.6. The largest absolute Gasteiger partial charge is 0.632 e. The molecule has 1 aromatic heterocycles. The molecule has 1 fully saturated rings. The van der Waals surface area contributed by atoms with Crippen molar-refractivity contribution in [3.8, 4) is 0 Å². The first kappa shape index (κ1) is 12.4. The van der Waals surface area contributed by atoms with Crippen molar-refractivity contribution < 1.29 is 10.3 Å².